The summed E-state index contributed by atoms with van der Waals surface area (Å²) in [5.41, 5.74) is 2.46. The Morgan fingerprint density at radius 2 is 2.04 bits per heavy atom. The van der Waals surface area contributed by atoms with Crippen LogP contribution in [-0.2, 0) is 7.05 Å². The highest BCUT2D eigenvalue weighted by Crippen LogP contribution is 2.31. The van der Waals surface area contributed by atoms with Crippen LogP contribution >= 0.6 is 11.3 Å². The van der Waals surface area contributed by atoms with Crippen molar-refractivity contribution < 1.29 is 4.79 Å². The molecule has 1 aliphatic rings. The van der Waals surface area contributed by atoms with Gasteiger partial charge in [0.15, 0.2) is 5.82 Å². The molecule has 0 saturated carbocycles. The van der Waals surface area contributed by atoms with Gasteiger partial charge in [-0.3, -0.25) is 4.79 Å². The van der Waals surface area contributed by atoms with Crippen LogP contribution in [0.1, 0.15) is 45.5 Å². The molecular formula is C18H22N6OS. The molecule has 3 aromatic heterocycles. The average Bonchev–Trinajstić information content (AvgIpc) is 3.35. The van der Waals surface area contributed by atoms with Crippen LogP contribution < -0.4 is 0 Å². The number of hydrogen-bond acceptors (Lipinski definition) is 5. The number of piperidine rings is 1. The maximum Gasteiger partial charge on any atom is 0.259 e. The van der Waals surface area contributed by atoms with E-state index in [2.05, 4.69) is 20.6 Å². The van der Waals surface area contributed by atoms with Gasteiger partial charge in [0, 0.05) is 49.5 Å². The van der Waals surface area contributed by atoms with Gasteiger partial charge in [-0.15, -0.1) is 11.3 Å². The van der Waals surface area contributed by atoms with E-state index >= 15 is 0 Å². The summed E-state index contributed by atoms with van der Waals surface area (Å²) in [4.78, 5) is 19.8. The predicted molar refractivity (Wildman–Crippen MR) is 99.8 cm³/mol. The molecule has 4 rings (SSSR count). The predicted octanol–water partition coefficient (Wildman–Crippen LogP) is 2.70. The van der Waals surface area contributed by atoms with Gasteiger partial charge in [0.1, 0.15) is 5.56 Å². The first-order valence-corrected chi connectivity index (χ1v) is 9.67. The molecule has 26 heavy (non-hydrogen) atoms. The SMILES string of the molecule is Cc1csc(C2CCN(C(=O)c3c(C)nn(C)c3-n3cccn3)CC2)n1. The highest BCUT2D eigenvalue weighted by Gasteiger charge is 2.30. The summed E-state index contributed by atoms with van der Waals surface area (Å²) < 4.78 is 3.43. The van der Waals surface area contributed by atoms with Crippen molar-refractivity contribution in [1.82, 2.24) is 29.4 Å². The van der Waals surface area contributed by atoms with E-state index in [1.165, 1.54) is 5.01 Å². The van der Waals surface area contributed by atoms with E-state index in [1.807, 2.05) is 38.1 Å². The second-order valence-electron chi connectivity index (χ2n) is 6.75. The van der Waals surface area contributed by atoms with Crippen molar-refractivity contribution in [3.8, 4) is 5.82 Å². The highest BCUT2D eigenvalue weighted by atomic mass is 32.1. The van der Waals surface area contributed by atoms with E-state index in [4.69, 9.17) is 0 Å². The lowest BCUT2D eigenvalue weighted by Crippen LogP contribution is -2.38. The van der Waals surface area contributed by atoms with Crippen molar-refractivity contribution in [2.45, 2.75) is 32.6 Å². The molecule has 8 heteroatoms. The first-order chi connectivity index (χ1) is 12.5. The Kier molecular flexibility index (Phi) is 4.36. The van der Waals surface area contributed by atoms with Crippen molar-refractivity contribution in [3.05, 3.63) is 45.8 Å². The Labute approximate surface area is 156 Å². The molecule has 1 aliphatic heterocycles. The second-order valence-corrected chi connectivity index (χ2v) is 7.64. The molecule has 136 valence electrons. The molecule has 4 heterocycles. The molecule has 0 aliphatic carbocycles. The van der Waals surface area contributed by atoms with Crippen molar-refractivity contribution in [3.63, 3.8) is 0 Å². The number of carbonyl (C=O) groups excluding carboxylic acids is 1. The first-order valence-electron chi connectivity index (χ1n) is 8.79. The Hall–Kier alpha value is -2.48. The number of aryl methyl sites for hydroxylation is 3. The average molecular weight is 370 g/mol. The van der Waals surface area contributed by atoms with Gasteiger partial charge in [-0.05, 0) is 32.8 Å². The molecule has 0 bridgehead atoms. The van der Waals surface area contributed by atoms with Gasteiger partial charge in [-0.2, -0.15) is 10.2 Å². The van der Waals surface area contributed by atoms with Crippen LogP contribution in [0, 0.1) is 13.8 Å². The van der Waals surface area contributed by atoms with E-state index in [9.17, 15) is 4.79 Å². The maximum absolute atomic E-state index is 13.2. The van der Waals surface area contributed by atoms with Gasteiger partial charge in [0.2, 0.25) is 0 Å². The molecule has 0 aromatic carbocycles. The van der Waals surface area contributed by atoms with Gasteiger partial charge in [0.25, 0.3) is 5.91 Å². The molecule has 7 nitrogen and oxygen atoms in total. The van der Waals surface area contributed by atoms with Crippen molar-refractivity contribution in [1.29, 1.82) is 0 Å². The zero-order chi connectivity index (χ0) is 18.3. The summed E-state index contributed by atoms with van der Waals surface area (Å²) in [7, 11) is 1.85. The summed E-state index contributed by atoms with van der Waals surface area (Å²) in [6.45, 7) is 5.40. The van der Waals surface area contributed by atoms with Crippen molar-refractivity contribution >= 4 is 17.2 Å². The molecular weight excluding hydrogens is 348 g/mol. The molecule has 0 atom stereocenters. The Bertz CT molecular complexity index is 918. The molecule has 1 fully saturated rings. The largest absolute Gasteiger partial charge is 0.338 e. The van der Waals surface area contributed by atoms with Crippen LogP contribution in [-0.4, -0.2) is 48.4 Å². The van der Waals surface area contributed by atoms with Crippen LogP contribution in [0.3, 0.4) is 0 Å². The van der Waals surface area contributed by atoms with Crippen molar-refractivity contribution in [2.75, 3.05) is 13.1 Å². The highest BCUT2D eigenvalue weighted by molar-refractivity contribution is 7.09. The van der Waals surface area contributed by atoms with Gasteiger partial charge in [0.05, 0.1) is 10.7 Å². The number of likely N-dealkylation sites (tertiary alicyclic amines) is 1. The number of thiazole rings is 1. The number of aromatic nitrogens is 5. The number of rotatable bonds is 3. The fourth-order valence-corrected chi connectivity index (χ4v) is 4.57. The fourth-order valence-electron chi connectivity index (χ4n) is 3.60. The minimum atomic E-state index is 0.0369. The molecule has 1 saturated heterocycles. The standard InChI is InChI=1S/C18H22N6OS/c1-12-11-26-16(20-12)14-5-9-23(10-6-14)18(25)15-13(2)21-22(3)17(15)24-8-4-7-19-24/h4,7-8,11,14H,5-6,9-10H2,1-3H3. The maximum atomic E-state index is 13.2. The van der Waals surface area contributed by atoms with Crippen molar-refractivity contribution in [2.24, 2.45) is 7.05 Å². The van der Waals surface area contributed by atoms with Crippen LogP contribution in [0.4, 0.5) is 0 Å². The zero-order valence-electron chi connectivity index (χ0n) is 15.2. The van der Waals surface area contributed by atoms with Gasteiger partial charge < -0.3 is 4.90 Å². The molecule has 1 amide bonds. The first kappa shape index (κ1) is 17.0. The number of hydrogen-bond donors (Lipinski definition) is 0. The molecule has 0 N–H and O–H groups in total. The van der Waals surface area contributed by atoms with E-state index in [1.54, 1.807) is 26.9 Å². The van der Waals surface area contributed by atoms with E-state index in [0.717, 1.165) is 43.1 Å². The number of nitrogens with zero attached hydrogens (tertiary/aromatic N) is 6. The monoisotopic (exact) mass is 370 g/mol. The van der Waals surface area contributed by atoms with Crippen LogP contribution in [0.5, 0.6) is 0 Å². The van der Waals surface area contributed by atoms with E-state index < -0.39 is 0 Å². The third-order valence-electron chi connectivity index (χ3n) is 4.90. The van der Waals surface area contributed by atoms with Crippen LogP contribution in [0.2, 0.25) is 0 Å². The van der Waals surface area contributed by atoms with Crippen LogP contribution in [0.25, 0.3) is 5.82 Å². The minimum Gasteiger partial charge on any atom is -0.338 e. The Morgan fingerprint density at radius 3 is 2.65 bits per heavy atom. The minimum absolute atomic E-state index is 0.0369. The lowest BCUT2D eigenvalue weighted by atomic mass is 9.97. The van der Waals surface area contributed by atoms with E-state index in [0.29, 0.717) is 11.5 Å². The molecule has 0 radical (unpaired) electrons. The second kappa shape index (κ2) is 6.68. The lowest BCUT2D eigenvalue weighted by Gasteiger charge is -2.31. The Morgan fingerprint density at radius 1 is 1.27 bits per heavy atom. The summed E-state index contributed by atoms with van der Waals surface area (Å²) >= 11 is 1.73. The normalized spacial score (nSPS) is 15.6. The third kappa shape index (κ3) is 2.94. The van der Waals surface area contributed by atoms with Gasteiger partial charge in [-0.1, -0.05) is 0 Å². The summed E-state index contributed by atoms with van der Waals surface area (Å²) in [5.74, 6) is 1.21. The Balaban J connectivity index is 1.54. The summed E-state index contributed by atoms with van der Waals surface area (Å²) in [6.07, 6.45) is 5.45. The van der Waals surface area contributed by atoms with E-state index in [-0.39, 0.29) is 5.91 Å². The summed E-state index contributed by atoms with van der Waals surface area (Å²) in [6, 6.07) is 1.85. The van der Waals surface area contributed by atoms with Gasteiger partial charge in [-0.25, -0.2) is 14.3 Å². The number of carbonyl (C=O) groups is 1. The molecule has 3 aromatic rings. The molecule has 0 unspecified atom stereocenters. The quantitative estimate of drug-likeness (QED) is 0.711. The fraction of sp³-hybridized carbons (Fsp3) is 0.444. The smallest absolute Gasteiger partial charge is 0.259 e. The topological polar surface area (TPSA) is 68.8 Å². The number of amides is 1. The lowest BCUT2D eigenvalue weighted by molar-refractivity contribution is 0.0712. The third-order valence-corrected chi connectivity index (χ3v) is 6.02. The van der Waals surface area contributed by atoms with Gasteiger partial charge >= 0.3 is 0 Å². The summed E-state index contributed by atoms with van der Waals surface area (Å²) in [5, 5.41) is 12.0. The van der Waals surface area contributed by atoms with Crippen LogP contribution in [0.15, 0.2) is 23.8 Å². The zero-order valence-corrected chi connectivity index (χ0v) is 16.0. The molecule has 0 spiro atoms.